The van der Waals surface area contributed by atoms with Crippen molar-refractivity contribution in [2.45, 2.75) is 33.2 Å². The Morgan fingerprint density at radius 2 is 2.27 bits per heavy atom. The molecule has 0 radical (unpaired) electrons. The van der Waals surface area contributed by atoms with Gasteiger partial charge in [-0.3, -0.25) is 4.68 Å². The summed E-state index contributed by atoms with van der Waals surface area (Å²) in [4.78, 5) is 7.35. The van der Waals surface area contributed by atoms with Gasteiger partial charge in [0, 0.05) is 37.1 Å². The molecule has 0 aliphatic heterocycles. The number of hydrogen-bond donors (Lipinski definition) is 1. The number of aryl methyl sites for hydroxylation is 2. The van der Waals surface area contributed by atoms with Crippen LogP contribution in [0.25, 0.3) is 0 Å². The number of nitrogens with zero attached hydrogens (tertiary/aromatic N) is 3. The Bertz CT molecular complexity index is 414. The molecule has 4 heteroatoms. The van der Waals surface area contributed by atoms with Gasteiger partial charge in [0.25, 0.3) is 0 Å². The largest absolute Gasteiger partial charge is 0.348 e. The first-order valence-corrected chi connectivity index (χ1v) is 5.37. The average molecular weight is 204 g/mol. The number of H-pyrrole nitrogens is 1. The van der Waals surface area contributed by atoms with E-state index in [2.05, 4.69) is 35.1 Å². The molecule has 15 heavy (non-hydrogen) atoms. The lowest BCUT2D eigenvalue weighted by Crippen LogP contribution is -1.94. The van der Waals surface area contributed by atoms with Gasteiger partial charge < -0.3 is 4.98 Å². The number of aromatic nitrogens is 4. The van der Waals surface area contributed by atoms with Crippen LogP contribution < -0.4 is 0 Å². The van der Waals surface area contributed by atoms with E-state index in [0.717, 1.165) is 25.2 Å². The van der Waals surface area contributed by atoms with E-state index in [1.165, 1.54) is 11.3 Å². The second kappa shape index (κ2) is 4.29. The van der Waals surface area contributed by atoms with E-state index >= 15 is 0 Å². The zero-order chi connectivity index (χ0) is 10.7. The lowest BCUT2D eigenvalue weighted by Gasteiger charge is -1.95. The van der Waals surface area contributed by atoms with Crippen LogP contribution >= 0.6 is 0 Å². The van der Waals surface area contributed by atoms with Crippen molar-refractivity contribution in [2.75, 3.05) is 0 Å². The molecule has 0 bridgehead atoms. The quantitative estimate of drug-likeness (QED) is 0.825. The van der Waals surface area contributed by atoms with Gasteiger partial charge in [-0.15, -0.1) is 0 Å². The van der Waals surface area contributed by atoms with Crippen molar-refractivity contribution in [1.82, 2.24) is 19.7 Å². The van der Waals surface area contributed by atoms with Gasteiger partial charge in [0.2, 0.25) is 0 Å². The van der Waals surface area contributed by atoms with Crippen LogP contribution in [0, 0.1) is 0 Å². The topological polar surface area (TPSA) is 46.5 Å². The molecule has 0 unspecified atom stereocenters. The van der Waals surface area contributed by atoms with Crippen LogP contribution in [0.2, 0.25) is 0 Å². The molecule has 2 aromatic heterocycles. The third kappa shape index (κ3) is 2.09. The predicted molar refractivity (Wildman–Crippen MR) is 58.7 cm³/mol. The van der Waals surface area contributed by atoms with E-state index in [1.807, 2.05) is 10.9 Å². The molecule has 0 spiro atoms. The molecule has 0 aliphatic carbocycles. The maximum absolute atomic E-state index is 4.50. The van der Waals surface area contributed by atoms with Crippen molar-refractivity contribution in [3.8, 4) is 0 Å². The predicted octanol–water partition coefficient (Wildman–Crippen LogP) is 1.78. The highest BCUT2D eigenvalue weighted by molar-refractivity contribution is 5.21. The Balaban J connectivity index is 2.23. The summed E-state index contributed by atoms with van der Waals surface area (Å²) in [5, 5.41) is 4.50. The molecule has 0 atom stereocenters. The van der Waals surface area contributed by atoms with Crippen LogP contribution in [0.5, 0.6) is 0 Å². The number of imidazole rings is 1. The van der Waals surface area contributed by atoms with E-state index in [1.54, 1.807) is 6.20 Å². The van der Waals surface area contributed by atoms with Gasteiger partial charge >= 0.3 is 0 Å². The molecule has 2 rings (SSSR count). The monoisotopic (exact) mass is 204 g/mol. The minimum absolute atomic E-state index is 0.843. The summed E-state index contributed by atoms with van der Waals surface area (Å²) < 4.78 is 1.98. The lowest BCUT2D eigenvalue weighted by molar-refractivity contribution is 0.648. The van der Waals surface area contributed by atoms with Gasteiger partial charge in [-0.2, -0.15) is 5.10 Å². The Hall–Kier alpha value is -1.58. The molecule has 0 fully saturated rings. The fourth-order valence-electron chi connectivity index (χ4n) is 1.69. The first kappa shape index (κ1) is 9.96. The summed E-state index contributed by atoms with van der Waals surface area (Å²) in [6.45, 7) is 5.15. The summed E-state index contributed by atoms with van der Waals surface area (Å²) in [6, 6.07) is 0. The second-order valence-electron chi connectivity index (χ2n) is 3.52. The van der Waals surface area contributed by atoms with Crippen molar-refractivity contribution in [1.29, 1.82) is 0 Å². The van der Waals surface area contributed by atoms with Crippen molar-refractivity contribution in [2.24, 2.45) is 0 Å². The van der Waals surface area contributed by atoms with E-state index < -0.39 is 0 Å². The SMILES string of the molecule is CCc1nn(CC)cc1Cc1ncc[nH]1. The Morgan fingerprint density at radius 3 is 2.87 bits per heavy atom. The van der Waals surface area contributed by atoms with Gasteiger partial charge in [-0.25, -0.2) is 4.98 Å². The van der Waals surface area contributed by atoms with Crippen molar-refractivity contribution in [3.63, 3.8) is 0 Å². The third-order valence-corrected chi connectivity index (χ3v) is 2.50. The van der Waals surface area contributed by atoms with E-state index in [0.29, 0.717) is 0 Å². The Labute approximate surface area is 89.3 Å². The normalized spacial score (nSPS) is 10.8. The molecular formula is C11H16N4. The average Bonchev–Trinajstić information content (AvgIpc) is 2.87. The molecule has 0 aliphatic rings. The highest BCUT2D eigenvalue weighted by Crippen LogP contribution is 2.11. The van der Waals surface area contributed by atoms with Crippen molar-refractivity contribution < 1.29 is 0 Å². The van der Waals surface area contributed by atoms with E-state index in [-0.39, 0.29) is 0 Å². The van der Waals surface area contributed by atoms with Crippen LogP contribution in [0.1, 0.15) is 30.9 Å². The standard InChI is InChI=1S/C11H16N4/c1-3-10-9(8-15(4-2)14-10)7-11-12-5-6-13-11/h5-6,8H,3-4,7H2,1-2H3,(H,12,13). The van der Waals surface area contributed by atoms with Crippen LogP contribution in [-0.4, -0.2) is 19.7 Å². The van der Waals surface area contributed by atoms with E-state index in [4.69, 9.17) is 0 Å². The molecule has 2 heterocycles. The molecular weight excluding hydrogens is 188 g/mol. The second-order valence-corrected chi connectivity index (χ2v) is 3.52. The molecule has 4 nitrogen and oxygen atoms in total. The van der Waals surface area contributed by atoms with Gasteiger partial charge in [-0.1, -0.05) is 6.92 Å². The zero-order valence-electron chi connectivity index (χ0n) is 9.20. The summed E-state index contributed by atoms with van der Waals surface area (Å²) in [5.74, 6) is 1.00. The molecule has 0 saturated carbocycles. The number of nitrogens with one attached hydrogen (secondary N) is 1. The highest BCUT2D eigenvalue weighted by Gasteiger charge is 2.08. The highest BCUT2D eigenvalue weighted by atomic mass is 15.3. The molecule has 0 amide bonds. The maximum atomic E-state index is 4.50. The Kier molecular flexibility index (Phi) is 2.85. The fraction of sp³-hybridized carbons (Fsp3) is 0.455. The smallest absolute Gasteiger partial charge is 0.110 e. The third-order valence-electron chi connectivity index (χ3n) is 2.50. The molecule has 1 N–H and O–H groups in total. The van der Waals surface area contributed by atoms with Crippen LogP contribution in [0.15, 0.2) is 18.6 Å². The summed E-state index contributed by atoms with van der Waals surface area (Å²) in [6.07, 6.45) is 7.57. The zero-order valence-corrected chi connectivity index (χ0v) is 9.20. The molecule has 0 aromatic carbocycles. The van der Waals surface area contributed by atoms with Gasteiger partial charge in [0.05, 0.1) is 5.69 Å². The van der Waals surface area contributed by atoms with Gasteiger partial charge in [0.15, 0.2) is 0 Å². The first-order chi connectivity index (χ1) is 7.33. The summed E-state index contributed by atoms with van der Waals surface area (Å²) >= 11 is 0. The lowest BCUT2D eigenvalue weighted by atomic mass is 10.1. The van der Waals surface area contributed by atoms with Gasteiger partial charge in [-0.05, 0) is 13.3 Å². The van der Waals surface area contributed by atoms with Crippen LogP contribution in [0.4, 0.5) is 0 Å². The molecule has 0 saturated heterocycles. The number of rotatable bonds is 4. The minimum atomic E-state index is 0.843. The van der Waals surface area contributed by atoms with Crippen molar-refractivity contribution in [3.05, 3.63) is 35.7 Å². The van der Waals surface area contributed by atoms with E-state index in [9.17, 15) is 0 Å². The number of aromatic amines is 1. The fourth-order valence-corrected chi connectivity index (χ4v) is 1.69. The van der Waals surface area contributed by atoms with Crippen LogP contribution in [-0.2, 0) is 19.4 Å². The molecule has 2 aromatic rings. The first-order valence-electron chi connectivity index (χ1n) is 5.37. The van der Waals surface area contributed by atoms with Crippen LogP contribution in [0.3, 0.4) is 0 Å². The van der Waals surface area contributed by atoms with Gasteiger partial charge in [0.1, 0.15) is 5.82 Å². The van der Waals surface area contributed by atoms with Crippen molar-refractivity contribution >= 4 is 0 Å². The summed E-state index contributed by atoms with van der Waals surface area (Å²) in [7, 11) is 0. The minimum Gasteiger partial charge on any atom is -0.348 e. The summed E-state index contributed by atoms with van der Waals surface area (Å²) in [5.41, 5.74) is 2.45. The maximum Gasteiger partial charge on any atom is 0.110 e. The molecule has 80 valence electrons. The number of hydrogen-bond acceptors (Lipinski definition) is 2. The Morgan fingerprint density at radius 1 is 1.40 bits per heavy atom.